The van der Waals surface area contributed by atoms with Gasteiger partial charge in [-0.15, -0.1) is 0 Å². The largest absolute Gasteiger partial charge is 0.293 e. The maximum absolute atomic E-state index is 12.5. The minimum absolute atomic E-state index is 0.0377. The summed E-state index contributed by atoms with van der Waals surface area (Å²) < 4.78 is 27.4. The molecule has 0 radical (unpaired) electrons. The lowest BCUT2D eigenvalue weighted by Crippen LogP contribution is -2.14. The second kappa shape index (κ2) is 8.80. The van der Waals surface area contributed by atoms with E-state index < -0.39 is 14.9 Å². The molecule has 2 aromatic rings. The molecule has 0 saturated heterocycles. The van der Waals surface area contributed by atoms with Gasteiger partial charge in [0.15, 0.2) is 0 Å². The summed E-state index contributed by atoms with van der Waals surface area (Å²) in [4.78, 5) is 10.7. The fourth-order valence-corrected chi connectivity index (χ4v) is 3.75. The van der Waals surface area contributed by atoms with E-state index in [2.05, 4.69) is 11.6 Å². The molecule has 0 amide bonds. The fraction of sp³-hybridized carbons (Fsp3) is 0.368. The Morgan fingerprint density at radius 3 is 2.35 bits per heavy atom. The first-order valence-electron chi connectivity index (χ1n) is 8.70. The molecule has 2 aromatic carbocycles. The van der Waals surface area contributed by atoms with E-state index in [-0.39, 0.29) is 16.3 Å². The molecule has 26 heavy (non-hydrogen) atoms. The van der Waals surface area contributed by atoms with Crippen LogP contribution in [0.5, 0.6) is 0 Å². The van der Waals surface area contributed by atoms with Crippen molar-refractivity contribution in [3.05, 3.63) is 63.7 Å². The van der Waals surface area contributed by atoms with E-state index in [1.807, 2.05) is 0 Å². The normalized spacial score (nSPS) is 11.3. The molecule has 7 heteroatoms. The number of nitrogens with one attached hydrogen (secondary N) is 1. The van der Waals surface area contributed by atoms with Crippen LogP contribution in [-0.2, 0) is 16.4 Å². The van der Waals surface area contributed by atoms with Gasteiger partial charge in [-0.1, -0.05) is 44.4 Å². The first-order chi connectivity index (χ1) is 12.3. The zero-order valence-corrected chi connectivity index (χ0v) is 15.9. The summed E-state index contributed by atoms with van der Waals surface area (Å²) in [6.07, 6.45) is 5.53. The molecule has 0 saturated carbocycles. The molecular weight excluding hydrogens is 352 g/mol. The van der Waals surface area contributed by atoms with E-state index in [1.165, 1.54) is 37.1 Å². The lowest BCUT2D eigenvalue weighted by molar-refractivity contribution is -0.383. The molecule has 140 valence electrons. The van der Waals surface area contributed by atoms with Crippen molar-refractivity contribution in [3.63, 3.8) is 0 Å². The molecular formula is C19H24N2O4S. The molecule has 0 aliphatic carbocycles. The van der Waals surface area contributed by atoms with E-state index in [4.69, 9.17) is 0 Å². The van der Waals surface area contributed by atoms with Gasteiger partial charge in [0, 0.05) is 6.07 Å². The van der Waals surface area contributed by atoms with Gasteiger partial charge < -0.3 is 0 Å². The molecule has 0 aliphatic heterocycles. The van der Waals surface area contributed by atoms with Gasteiger partial charge in [0.2, 0.25) is 0 Å². The van der Waals surface area contributed by atoms with E-state index in [0.717, 1.165) is 24.8 Å². The van der Waals surface area contributed by atoms with Crippen LogP contribution < -0.4 is 4.72 Å². The van der Waals surface area contributed by atoms with Crippen molar-refractivity contribution in [1.82, 2.24) is 0 Å². The van der Waals surface area contributed by atoms with Crippen LogP contribution in [0.25, 0.3) is 0 Å². The number of hydrogen-bond acceptors (Lipinski definition) is 4. The third kappa shape index (κ3) is 5.29. The highest BCUT2D eigenvalue weighted by Crippen LogP contribution is 2.28. The van der Waals surface area contributed by atoms with E-state index in [0.29, 0.717) is 5.56 Å². The number of aryl methyl sites for hydroxylation is 2. The molecule has 0 unspecified atom stereocenters. The zero-order valence-electron chi connectivity index (χ0n) is 15.1. The van der Waals surface area contributed by atoms with Crippen LogP contribution in [0.1, 0.15) is 43.7 Å². The maximum Gasteiger partial charge on any atom is 0.293 e. The molecule has 0 aliphatic rings. The minimum Gasteiger partial charge on any atom is -0.273 e. The molecule has 0 spiro atoms. The van der Waals surface area contributed by atoms with Crippen LogP contribution >= 0.6 is 0 Å². The number of benzene rings is 2. The van der Waals surface area contributed by atoms with Gasteiger partial charge in [-0.05, 0) is 49.1 Å². The standard InChI is InChI=1S/C19H24N2O4S/c1-3-4-5-6-7-16-9-11-17(12-10-16)26(24,25)20-18-13-8-15(2)14-19(18)21(22)23/h8-14,20H,3-7H2,1-2H3. The number of nitro groups is 1. The topological polar surface area (TPSA) is 89.3 Å². The quantitative estimate of drug-likeness (QED) is 0.386. The van der Waals surface area contributed by atoms with Gasteiger partial charge in [0.25, 0.3) is 15.7 Å². The Morgan fingerprint density at radius 1 is 1.04 bits per heavy atom. The van der Waals surface area contributed by atoms with E-state index in [1.54, 1.807) is 25.1 Å². The van der Waals surface area contributed by atoms with Crippen molar-refractivity contribution < 1.29 is 13.3 Å². The van der Waals surface area contributed by atoms with Crippen LogP contribution in [0.2, 0.25) is 0 Å². The van der Waals surface area contributed by atoms with Crippen molar-refractivity contribution in [2.24, 2.45) is 0 Å². The predicted octanol–water partition coefficient (Wildman–Crippen LogP) is 4.83. The monoisotopic (exact) mass is 376 g/mol. The average molecular weight is 376 g/mol. The highest BCUT2D eigenvalue weighted by atomic mass is 32.2. The second-order valence-electron chi connectivity index (χ2n) is 6.34. The number of unbranched alkanes of at least 4 members (excludes halogenated alkanes) is 3. The van der Waals surface area contributed by atoms with Gasteiger partial charge in [-0.25, -0.2) is 8.42 Å². The van der Waals surface area contributed by atoms with Gasteiger partial charge in [-0.2, -0.15) is 0 Å². The van der Waals surface area contributed by atoms with Crippen molar-refractivity contribution >= 4 is 21.4 Å². The smallest absolute Gasteiger partial charge is 0.273 e. The fourth-order valence-electron chi connectivity index (χ4n) is 2.67. The molecule has 0 aromatic heterocycles. The number of rotatable bonds is 9. The minimum atomic E-state index is -3.88. The molecule has 0 bridgehead atoms. The number of anilines is 1. The van der Waals surface area contributed by atoms with Gasteiger partial charge in [0.1, 0.15) is 5.69 Å². The molecule has 0 heterocycles. The van der Waals surface area contributed by atoms with Gasteiger partial charge >= 0.3 is 0 Å². The maximum atomic E-state index is 12.5. The molecule has 6 nitrogen and oxygen atoms in total. The van der Waals surface area contributed by atoms with Crippen LogP contribution in [0.15, 0.2) is 47.4 Å². The Morgan fingerprint density at radius 2 is 1.73 bits per heavy atom. The van der Waals surface area contributed by atoms with E-state index in [9.17, 15) is 18.5 Å². The van der Waals surface area contributed by atoms with Crippen LogP contribution in [-0.4, -0.2) is 13.3 Å². The molecule has 2 rings (SSSR count). The molecule has 0 fully saturated rings. The van der Waals surface area contributed by atoms with Gasteiger partial charge in [-0.3, -0.25) is 14.8 Å². The lowest BCUT2D eigenvalue weighted by atomic mass is 10.1. The van der Waals surface area contributed by atoms with Crippen molar-refractivity contribution in [1.29, 1.82) is 0 Å². The first-order valence-corrected chi connectivity index (χ1v) is 10.2. The van der Waals surface area contributed by atoms with Gasteiger partial charge in [0.05, 0.1) is 9.82 Å². The second-order valence-corrected chi connectivity index (χ2v) is 8.02. The third-order valence-electron chi connectivity index (χ3n) is 4.15. The lowest BCUT2D eigenvalue weighted by Gasteiger charge is -2.10. The summed E-state index contributed by atoms with van der Waals surface area (Å²) in [6.45, 7) is 3.87. The highest BCUT2D eigenvalue weighted by molar-refractivity contribution is 7.92. The van der Waals surface area contributed by atoms with Crippen LogP contribution in [0.3, 0.4) is 0 Å². The Kier molecular flexibility index (Phi) is 6.74. The third-order valence-corrected chi connectivity index (χ3v) is 5.53. The number of nitrogens with zero attached hydrogens (tertiary/aromatic N) is 1. The molecule has 0 atom stereocenters. The Balaban J connectivity index is 2.14. The number of sulfonamides is 1. The van der Waals surface area contributed by atoms with Crippen molar-refractivity contribution in [2.75, 3.05) is 4.72 Å². The Labute approximate surface area is 154 Å². The summed E-state index contributed by atoms with van der Waals surface area (Å²) in [5.74, 6) is 0. The highest BCUT2D eigenvalue weighted by Gasteiger charge is 2.20. The summed E-state index contributed by atoms with van der Waals surface area (Å²) >= 11 is 0. The SMILES string of the molecule is CCCCCCc1ccc(S(=O)(=O)Nc2ccc(C)cc2[N+](=O)[O-])cc1. The summed E-state index contributed by atoms with van der Waals surface area (Å²) in [5, 5.41) is 11.2. The summed E-state index contributed by atoms with van der Waals surface area (Å²) in [5.41, 5.74) is 1.47. The predicted molar refractivity (Wildman–Crippen MR) is 103 cm³/mol. The Hall–Kier alpha value is -2.41. The van der Waals surface area contributed by atoms with Crippen molar-refractivity contribution in [2.45, 2.75) is 50.8 Å². The van der Waals surface area contributed by atoms with E-state index >= 15 is 0 Å². The number of nitro benzene ring substituents is 1. The first kappa shape index (κ1) is 19.9. The summed E-state index contributed by atoms with van der Waals surface area (Å²) in [6, 6.07) is 11.1. The van der Waals surface area contributed by atoms with Crippen LogP contribution in [0.4, 0.5) is 11.4 Å². The Bertz CT molecular complexity index is 862. The van der Waals surface area contributed by atoms with Crippen molar-refractivity contribution in [3.8, 4) is 0 Å². The summed E-state index contributed by atoms with van der Waals surface area (Å²) in [7, 11) is -3.88. The number of hydrogen-bond donors (Lipinski definition) is 1. The average Bonchev–Trinajstić information content (AvgIpc) is 2.60. The van der Waals surface area contributed by atoms with Crippen LogP contribution in [0, 0.1) is 17.0 Å². The molecule has 1 N–H and O–H groups in total. The zero-order chi connectivity index (χ0) is 19.2.